The highest BCUT2D eigenvalue weighted by atomic mass is 15.3. The third-order valence-electron chi connectivity index (χ3n) is 4.78. The van der Waals surface area contributed by atoms with E-state index in [1.807, 2.05) is 41.0 Å². The van der Waals surface area contributed by atoms with Gasteiger partial charge in [-0.2, -0.15) is 10.4 Å². The Hall–Kier alpha value is -3.66. The Bertz CT molecular complexity index is 1100. The lowest BCUT2D eigenvalue weighted by molar-refractivity contribution is 0.617. The van der Waals surface area contributed by atoms with E-state index in [9.17, 15) is 5.26 Å². The van der Waals surface area contributed by atoms with Crippen LogP contribution >= 0.6 is 0 Å². The Morgan fingerprint density at radius 3 is 3.04 bits per heavy atom. The van der Waals surface area contributed by atoms with Crippen LogP contribution in [0.4, 0.5) is 5.69 Å². The first-order chi connectivity index (χ1) is 12.8. The van der Waals surface area contributed by atoms with Gasteiger partial charge in [-0.25, -0.2) is 14.5 Å². The number of hydrogen-bond donors (Lipinski definition) is 1. The first kappa shape index (κ1) is 14.7. The maximum atomic E-state index is 9.20. The number of pyridine rings is 2. The largest absolute Gasteiger partial charge is 0.357 e. The second-order valence-corrected chi connectivity index (χ2v) is 6.26. The summed E-state index contributed by atoms with van der Waals surface area (Å²) >= 11 is 0. The topological polar surface area (TPSA) is 85.9 Å². The van der Waals surface area contributed by atoms with Crippen molar-refractivity contribution in [2.45, 2.75) is 12.5 Å². The van der Waals surface area contributed by atoms with Gasteiger partial charge in [0.05, 0.1) is 23.2 Å². The van der Waals surface area contributed by atoms with Gasteiger partial charge in [-0.05, 0) is 30.3 Å². The highest BCUT2D eigenvalue weighted by Crippen LogP contribution is 2.36. The lowest BCUT2D eigenvalue weighted by Gasteiger charge is -2.35. The summed E-state index contributed by atoms with van der Waals surface area (Å²) in [6.45, 7) is 0.808. The summed E-state index contributed by atoms with van der Waals surface area (Å²) in [5.41, 5.74) is 5.45. The van der Waals surface area contributed by atoms with Crippen LogP contribution in [0.1, 0.15) is 28.8 Å². The molecule has 0 aliphatic carbocycles. The highest BCUT2D eigenvalue weighted by Gasteiger charge is 2.33. The molecule has 0 saturated heterocycles. The predicted molar refractivity (Wildman–Crippen MR) is 95.6 cm³/mol. The molecule has 4 aromatic rings. The summed E-state index contributed by atoms with van der Waals surface area (Å²) in [5.74, 6) is 0. The average Bonchev–Trinajstić information content (AvgIpc) is 3.33. The first-order valence-corrected chi connectivity index (χ1v) is 8.43. The fraction of sp³-hybridized carbons (Fsp3) is 0.158. The molecule has 4 aromatic heterocycles. The summed E-state index contributed by atoms with van der Waals surface area (Å²) in [6.07, 6.45) is 6.22. The van der Waals surface area contributed by atoms with E-state index in [0.29, 0.717) is 5.69 Å². The third kappa shape index (κ3) is 2.24. The fourth-order valence-electron chi connectivity index (χ4n) is 3.61. The van der Waals surface area contributed by atoms with Crippen LogP contribution in [0, 0.1) is 11.3 Å². The van der Waals surface area contributed by atoms with Crippen molar-refractivity contribution in [1.29, 1.82) is 5.26 Å². The SMILES string of the molecule is N#Cc1cc(N2CCc3[nH]cnc3[C@@H]2c2cc3ccccn3n2)ccn1. The van der Waals surface area contributed by atoms with E-state index in [4.69, 9.17) is 5.10 Å². The average molecular weight is 341 g/mol. The lowest BCUT2D eigenvalue weighted by Crippen LogP contribution is -2.36. The molecule has 0 radical (unpaired) electrons. The van der Waals surface area contributed by atoms with Gasteiger partial charge in [0.15, 0.2) is 0 Å². The zero-order chi connectivity index (χ0) is 17.5. The van der Waals surface area contributed by atoms with Crippen molar-refractivity contribution in [3.05, 3.63) is 77.9 Å². The number of aromatic amines is 1. The minimum atomic E-state index is -0.112. The zero-order valence-corrected chi connectivity index (χ0v) is 13.9. The number of rotatable bonds is 2. The molecule has 0 bridgehead atoms. The van der Waals surface area contributed by atoms with E-state index in [1.54, 1.807) is 12.5 Å². The van der Waals surface area contributed by atoms with Gasteiger partial charge in [0.25, 0.3) is 0 Å². The maximum absolute atomic E-state index is 9.20. The number of fused-ring (bicyclic) bond motifs is 2. The molecule has 0 spiro atoms. The standard InChI is InChI=1S/C19H15N7/c20-11-13-9-14(4-6-21-13)25-8-5-16-18(23-12-22-16)19(25)17-10-15-3-1-2-7-26(15)24-17/h1-4,6-7,9-10,12,19H,5,8H2,(H,22,23)/t19-/m0/s1. The molecule has 0 saturated carbocycles. The van der Waals surface area contributed by atoms with E-state index >= 15 is 0 Å². The van der Waals surface area contributed by atoms with Crippen LogP contribution in [-0.4, -0.2) is 31.1 Å². The minimum absolute atomic E-state index is 0.112. The number of imidazole rings is 1. The molecule has 5 rings (SSSR count). The van der Waals surface area contributed by atoms with Gasteiger partial charge in [-0.3, -0.25) is 0 Å². The molecular formula is C19H15N7. The first-order valence-electron chi connectivity index (χ1n) is 8.43. The molecule has 7 heteroatoms. The van der Waals surface area contributed by atoms with Crippen molar-refractivity contribution in [3.63, 3.8) is 0 Å². The van der Waals surface area contributed by atoms with E-state index < -0.39 is 0 Å². The molecule has 7 nitrogen and oxygen atoms in total. The quantitative estimate of drug-likeness (QED) is 0.605. The van der Waals surface area contributed by atoms with Gasteiger partial charge in [0, 0.05) is 36.7 Å². The van der Waals surface area contributed by atoms with Crippen molar-refractivity contribution >= 4 is 11.2 Å². The molecule has 0 amide bonds. The zero-order valence-electron chi connectivity index (χ0n) is 13.9. The number of nitrogens with zero attached hydrogens (tertiary/aromatic N) is 6. The van der Waals surface area contributed by atoms with Gasteiger partial charge in [-0.1, -0.05) is 6.07 Å². The fourth-order valence-corrected chi connectivity index (χ4v) is 3.61. The van der Waals surface area contributed by atoms with Crippen molar-refractivity contribution in [2.75, 3.05) is 11.4 Å². The summed E-state index contributed by atoms with van der Waals surface area (Å²) < 4.78 is 1.88. The molecule has 0 unspecified atom stereocenters. The molecule has 0 aromatic carbocycles. The van der Waals surface area contributed by atoms with Crippen molar-refractivity contribution < 1.29 is 0 Å². The molecule has 5 heterocycles. The lowest BCUT2D eigenvalue weighted by atomic mass is 9.99. The van der Waals surface area contributed by atoms with Crippen molar-refractivity contribution in [3.8, 4) is 6.07 Å². The predicted octanol–water partition coefficient (Wildman–Crippen LogP) is 2.48. The normalized spacial score (nSPS) is 16.4. The summed E-state index contributed by atoms with van der Waals surface area (Å²) in [6, 6.07) is 13.8. The number of anilines is 1. The number of nitrogens with one attached hydrogen (secondary N) is 1. The Kier molecular flexibility index (Phi) is 3.22. The summed E-state index contributed by atoms with van der Waals surface area (Å²) in [7, 11) is 0. The van der Waals surface area contributed by atoms with Crippen LogP contribution in [0.25, 0.3) is 5.52 Å². The number of nitriles is 1. The van der Waals surface area contributed by atoms with Gasteiger partial charge >= 0.3 is 0 Å². The summed E-state index contributed by atoms with van der Waals surface area (Å²) in [4.78, 5) is 14.2. The number of aromatic nitrogens is 5. The molecule has 26 heavy (non-hydrogen) atoms. The molecule has 0 fully saturated rings. The molecule has 1 N–H and O–H groups in total. The van der Waals surface area contributed by atoms with E-state index in [2.05, 4.69) is 32.0 Å². The second-order valence-electron chi connectivity index (χ2n) is 6.26. The third-order valence-corrected chi connectivity index (χ3v) is 4.78. The van der Waals surface area contributed by atoms with E-state index in [-0.39, 0.29) is 6.04 Å². The van der Waals surface area contributed by atoms with Crippen LogP contribution < -0.4 is 4.90 Å². The van der Waals surface area contributed by atoms with Crippen LogP contribution in [0.2, 0.25) is 0 Å². The van der Waals surface area contributed by atoms with Crippen LogP contribution in [-0.2, 0) is 6.42 Å². The van der Waals surface area contributed by atoms with E-state index in [0.717, 1.165) is 41.3 Å². The molecular weight excluding hydrogens is 326 g/mol. The Morgan fingerprint density at radius 2 is 2.15 bits per heavy atom. The Labute approximate surface area is 149 Å². The minimum Gasteiger partial charge on any atom is -0.357 e. The highest BCUT2D eigenvalue weighted by molar-refractivity contribution is 5.57. The molecule has 1 aliphatic rings. The number of H-pyrrole nitrogens is 1. The van der Waals surface area contributed by atoms with Gasteiger partial charge in [0.1, 0.15) is 17.8 Å². The van der Waals surface area contributed by atoms with Crippen LogP contribution in [0.15, 0.2) is 55.1 Å². The van der Waals surface area contributed by atoms with Gasteiger partial charge in [-0.15, -0.1) is 0 Å². The smallest absolute Gasteiger partial charge is 0.142 e. The molecule has 1 atom stereocenters. The maximum Gasteiger partial charge on any atom is 0.142 e. The number of hydrogen-bond acceptors (Lipinski definition) is 5. The Balaban J connectivity index is 1.67. The Morgan fingerprint density at radius 1 is 1.19 bits per heavy atom. The van der Waals surface area contributed by atoms with E-state index in [1.165, 1.54) is 0 Å². The monoisotopic (exact) mass is 341 g/mol. The van der Waals surface area contributed by atoms with Crippen LogP contribution in [0.5, 0.6) is 0 Å². The molecule has 1 aliphatic heterocycles. The summed E-state index contributed by atoms with van der Waals surface area (Å²) in [5, 5.41) is 14.0. The molecule has 126 valence electrons. The van der Waals surface area contributed by atoms with Gasteiger partial charge in [0.2, 0.25) is 0 Å². The van der Waals surface area contributed by atoms with Crippen molar-refractivity contribution in [1.82, 2.24) is 24.6 Å². The van der Waals surface area contributed by atoms with Crippen LogP contribution in [0.3, 0.4) is 0 Å². The van der Waals surface area contributed by atoms with Crippen molar-refractivity contribution in [2.24, 2.45) is 0 Å². The second kappa shape index (κ2) is 5.70. The van der Waals surface area contributed by atoms with Gasteiger partial charge < -0.3 is 9.88 Å².